The number of anilines is 2. The molecular weight excluding hydrogens is 344 g/mol. The van der Waals surface area contributed by atoms with Crippen LogP contribution < -0.4 is 15.2 Å². The number of benzene rings is 2. The minimum absolute atomic E-state index is 0.0171. The lowest BCUT2D eigenvalue weighted by Gasteiger charge is -2.07. The van der Waals surface area contributed by atoms with E-state index in [2.05, 4.69) is 15.3 Å². The van der Waals surface area contributed by atoms with Gasteiger partial charge in [0.15, 0.2) is 0 Å². The van der Waals surface area contributed by atoms with E-state index in [4.69, 9.17) is 9.88 Å². The molecule has 1 aromatic heterocycles. The lowest BCUT2D eigenvalue weighted by Crippen LogP contribution is -2.11. The topological polar surface area (TPSA) is 124 Å². The van der Waals surface area contributed by atoms with Crippen molar-refractivity contribution in [2.75, 3.05) is 5.32 Å². The van der Waals surface area contributed by atoms with E-state index in [1.807, 2.05) is 0 Å². The number of nitrogens with zero attached hydrogens (tertiary/aromatic N) is 2. The average Bonchev–Trinajstić information content (AvgIpc) is 2.53. The summed E-state index contributed by atoms with van der Waals surface area (Å²) in [4.78, 5) is 19.6. The third-order valence-corrected chi connectivity index (χ3v) is 4.18. The molecule has 0 aliphatic rings. The molecule has 128 valence electrons. The summed E-state index contributed by atoms with van der Waals surface area (Å²) in [7, 11) is -3.74. The number of sulfonamides is 1. The average molecular weight is 358 g/mol. The lowest BCUT2D eigenvalue weighted by atomic mass is 10.2. The van der Waals surface area contributed by atoms with Crippen molar-refractivity contribution in [2.45, 2.75) is 11.8 Å². The third kappa shape index (κ3) is 4.08. The number of aromatic nitrogens is 2. The number of nitrogens with one attached hydrogen (secondary N) is 1. The van der Waals surface area contributed by atoms with Crippen LogP contribution >= 0.6 is 0 Å². The normalized spacial score (nSPS) is 11.3. The molecule has 0 bridgehead atoms. The molecule has 9 heteroatoms. The number of nitrogens with two attached hydrogens (primary N) is 1. The van der Waals surface area contributed by atoms with Crippen LogP contribution in [0.3, 0.4) is 0 Å². The van der Waals surface area contributed by atoms with E-state index in [0.717, 1.165) is 5.39 Å². The third-order valence-electron chi connectivity index (χ3n) is 3.25. The highest BCUT2D eigenvalue weighted by molar-refractivity contribution is 7.89. The van der Waals surface area contributed by atoms with Gasteiger partial charge < -0.3 is 10.1 Å². The molecule has 25 heavy (non-hydrogen) atoms. The second kappa shape index (κ2) is 6.46. The summed E-state index contributed by atoms with van der Waals surface area (Å²) in [5, 5.41) is 8.81. The van der Waals surface area contributed by atoms with Gasteiger partial charge in [-0.3, -0.25) is 4.79 Å². The van der Waals surface area contributed by atoms with Crippen LogP contribution in [-0.4, -0.2) is 24.4 Å². The van der Waals surface area contributed by atoms with Crippen molar-refractivity contribution in [3.05, 3.63) is 48.7 Å². The van der Waals surface area contributed by atoms with E-state index in [1.165, 1.54) is 19.1 Å². The van der Waals surface area contributed by atoms with Gasteiger partial charge >= 0.3 is 5.97 Å². The molecule has 1 heterocycles. The zero-order chi connectivity index (χ0) is 18.0. The molecule has 0 atom stereocenters. The first-order valence-corrected chi connectivity index (χ1v) is 8.71. The summed E-state index contributed by atoms with van der Waals surface area (Å²) >= 11 is 0. The lowest BCUT2D eigenvalue weighted by molar-refractivity contribution is -0.131. The number of esters is 1. The maximum atomic E-state index is 11.3. The van der Waals surface area contributed by atoms with Crippen molar-refractivity contribution in [3.8, 4) is 5.75 Å². The molecule has 0 saturated carbocycles. The maximum Gasteiger partial charge on any atom is 0.308 e. The first-order valence-electron chi connectivity index (χ1n) is 7.16. The molecule has 2 aromatic carbocycles. The molecule has 0 aliphatic carbocycles. The van der Waals surface area contributed by atoms with Crippen LogP contribution in [0.15, 0.2) is 53.6 Å². The molecule has 0 fully saturated rings. The van der Waals surface area contributed by atoms with Gasteiger partial charge in [-0.1, -0.05) is 0 Å². The van der Waals surface area contributed by atoms with Crippen LogP contribution in [0.1, 0.15) is 6.92 Å². The van der Waals surface area contributed by atoms with Gasteiger partial charge in [0.2, 0.25) is 16.0 Å². The number of hydrogen-bond acceptors (Lipinski definition) is 7. The predicted octanol–water partition coefficient (Wildman–Crippen LogP) is 1.95. The largest absolute Gasteiger partial charge is 0.427 e. The summed E-state index contributed by atoms with van der Waals surface area (Å²) in [6.45, 7) is 1.32. The van der Waals surface area contributed by atoms with Crippen LogP contribution in [0.25, 0.3) is 10.9 Å². The second-order valence-electron chi connectivity index (χ2n) is 5.20. The Bertz CT molecular complexity index is 1050. The number of carbonyl (C=O) groups is 1. The Labute approximate surface area is 143 Å². The van der Waals surface area contributed by atoms with Gasteiger partial charge in [0, 0.05) is 30.3 Å². The van der Waals surface area contributed by atoms with Gasteiger partial charge in [0.1, 0.15) is 5.75 Å². The minimum atomic E-state index is -3.74. The number of ether oxygens (including phenoxy) is 1. The monoisotopic (exact) mass is 358 g/mol. The van der Waals surface area contributed by atoms with E-state index < -0.39 is 16.0 Å². The highest BCUT2D eigenvalue weighted by Crippen LogP contribution is 2.22. The highest BCUT2D eigenvalue weighted by Gasteiger charge is 2.08. The van der Waals surface area contributed by atoms with E-state index in [0.29, 0.717) is 22.9 Å². The van der Waals surface area contributed by atoms with E-state index in [9.17, 15) is 13.2 Å². The first-order chi connectivity index (χ1) is 11.8. The van der Waals surface area contributed by atoms with Crippen molar-refractivity contribution in [1.29, 1.82) is 0 Å². The Kier molecular flexibility index (Phi) is 4.34. The number of primary sulfonamides is 1. The van der Waals surface area contributed by atoms with Crippen LogP contribution in [0.5, 0.6) is 5.75 Å². The van der Waals surface area contributed by atoms with Crippen molar-refractivity contribution < 1.29 is 17.9 Å². The summed E-state index contributed by atoms with van der Waals surface area (Å²) < 4.78 is 27.5. The molecule has 3 N–H and O–H groups in total. The molecular formula is C16H14N4O4S. The van der Waals surface area contributed by atoms with Gasteiger partial charge in [0.05, 0.1) is 10.4 Å². The van der Waals surface area contributed by atoms with Gasteiger partial charge in [-0.15, -0.1) is 0 Å². The summed E-state index contributed by atoms with van der Waals surface area (Å²) in [5.41, 5.74) is 1.19. The Hall–Kier alpha value is -3.04. The minimum Gasteiger partial charge on any atom is -0.427 e. The zero-order valence-electron chi connectivity index (χ0n) is 13.1. The molecule has 0 spiro atoms. The molecule has 3 rings (SSSR count). The van der Waals surface area contributed by atoms with Crippen LogP contribution in [0.2, 0.25) is 0 Å². The van der Waals surface area contributed by atoms with Gasteiger partial charge in [-0.25, -0.2) is 23.5 Å². The van der Waals surface area contributed by atoms with E-state index in [1.54, 1.807) is 36.5 Å². The van der Waals surface area contributed by atoms with E-state index in [-0.39, 0.29) is 4.90 Å². The number of carbonyl (C=O) groups excluding carboxylic acids is 1. The SMILES string of the molecule is CC(=O)Oc1ccc2cnc(Nc3ccc(S(N)(=O)=O)cc3)nc2c1. The van der Waals surface area contributed by atoms with Gasteiger partial charge in [0.25, 0.3) is 0 Å². The standard InChI is InChI=1S/C16H14N4O4S/c1-10(21)24-13-5-2-11-9-18-16(20-15(11)8-13)19-12-3-6-14(7-4-12)25(17,22)23/h2-9H,1H3,(H2,17,22,23)(H,18,19,20). The zero-order valence-corrected chi connectivity index (χ0v) is 13.9. The Morgan fingerprint density at radius 1 is 1.16 bits per heavy atom. The summed E-state index contributed by atoms with van der Waals surface area (Å²) in [5.74, 6) is 0.291. The maximum absolute atomic E-state index is 11.3. The van der Waals surface area contributed by atoms with Crippen molar-refractivity contribution in [3.63, 3.8) is 0 Å². The van der Waals surface area contributed by atoms with E-state index >= 15 is 0 Å². The summed E-state index contributed by atoms with van der Waals surface area (Å²) in [6, 6.07) is 10.9. The predicted molar refractivity (Wildman–Crippen MR) is 91.9 cm³/mol. The molecule has 3 aromatic rings. The molecule has 8 nitrogen and oxygen atoms in total. The molecule has 0 radical (unpaired) electrons. The smallest absolute Gasteiger partial charge is 0.308 e. The first kappa shape index (κ1) is 16.8. The number of fused-ring (bicyclic) bond motifs is 1. The van der Waals surface area contributed by atoms with Crippen LogP contribution in [0, 0.1) is 0 Å². The summed E-state index contributed by atoms with van der Waals surface area (Å²) in [6.07, 6.45) is 1.63. The van der Waals surface area contributed by atoms with Crippen LogP contribution in [0.4, 0.5) is 11.6 Å². The molecule has 0 amide bonds. The number of rotatable bonds is 4. The number of hydrogen-bond donors (Lipinski definition) is 2. The van der Waals surface area contributed by atoms with Gasteiger partial charge in [-0.05, 0) is 36.4 Å². The Morgan fingerprint density at radius 2 is 1.88 bits per heavy atom. The molecule has 0 saturated heterocycles. The Morgan fingerprint density at radius 3 is 2.52 bits per heavy atom. The Balaban J connectivity index is 1.87. The fourth-order valence-corrected chi connectivity index (χ4v) is 2.67. The quantitative estimate of drug-likeness (QED) is 0.539. The fourth-order valence-electron chi connectivity index (χ4n) is 2.15. The van der Waals surface area contributed by atoms with Crippen molar-refractivity contribution in [2.24, 2.45) is 5.14 Å². The van der Waals surface area contributed by atoms with Crippen molar-refractivity contribution >= 4 is 38.5 Å². The molecule has 0 unspecified atom stereocenters. The fraction of sp³-hybridized carbons (Fsp3) is 0.0625. The molecule has 0 aliphatic heterocycles. The van der Waals surface area contributed by atoms with Crippen LogP contribution in [-0.2, 0) is 14.8 Å². The second-order valence-corrected chi connectivity index (χ2v) is 6.76. The van der Waals surface area contributed by atoms with Gasteiger partial charge in [-0.2, -0.15) is 0 Å². The highest BCUT2D eigenvalue weighted by atomic mass is 32.2. The van der Waals surface area contributed by atoms with Crippen molar-refractivity contribution in [1.82, 2.24) is 9.97 Å².